The lowest BCUT2D eigenvalue weighted by Gasteiger charge is -2.32. The van der Waals surface area contributed by atoms with E-state index < -0.39 is 7.12 Å². The van der Waals surface area contributed by atoms with Gasteiger partial charge in [-0.05, 0) is 45.3 Å². The van der Waals surface area contributed by atoms with Crippen LogP contribution in [0.2, 0.25) is 0 Å². The summed E-state index contributed by atoms with van der Waals surface area (Å²) in [6.45, 7) is 11.7. The van der Waals surface area contributed by atoms with Crippen LogP contribution in [0.4, 0.5) is 5.69 Å². The van der Waals surface area contributed by atoms with Gasteiger partial charge in [0.05, 0.1) is 16.8 Å². The molecule has 0 aliphatic carbocycles. The smallest absolute Gasteiger partial charge is 0.399 e. The van der Waals surface area contributed by atoms with E-state index >= 15 is 0 Å². The predicted molar refractivity (Wildman–Crippen MR) is 101 cm³/mol. The van der Waals surface area contributed by atoms with Crippen molar-refractivity contribution in [2.24, 2.45) is 0 Å². The van der Waals surface area contributed by atoms with Crippen molar-refractivity contribution >= 4 is 24.2 Å². The Hall–Kier alpha value is -1.57. The van der Waals surface area contributed by atoms with Gasteiger partial charge in [-0.15, -0.1) is 0 Å². The fourth-order valence-corrected chi connectivity index (χ4v) is 3.17. The van der Waals surface area contributed by atoms with Crippen LogP contribution in [0.5, 0.6) is 0 Å². The molecule has 6 nitrogen and oxygen atoms in total. The van der Waals surface area contributed by atoms with Crippen molar-refractivity contribution in [1.82, 2.24) is 10.6 Å². The molecule has 2 fully saturated rings. The van der Waals surface area contributed by atoms with Gasteiger partial charge in [0, 0.05) is 38.9 Å². The maximum Gasteiger partial charge on any atom is 0.494 e. The van der Waals surface area contributed by atoms with Gasteiger partial charge in [0.15, 0.2) is 0 Å². The van der Waals surface area contributed by atoms with Gasteiger partial charge in [0.1, 0.15) is 0 Å². The first-order chi connectivity index (χ1) is 11.7. The van der Waals surface area contributed by atoms with Gasteiger partial charge in [-0.1, -0.05) is 6.07 Å². The number of amides is 1. The Bertz CT molecular complexity index is 641. The first-order valence-corrected chi connectivity index (χ1v) is 8.92. The third kappa shape index (κ3) is 3.41. The van der Waals surface area contributed by atoms with Crippen molar-refractivity contribution < 1.29 is 14.1 Å². The number of nitrogens with one attached hydrogen (secondary N) is 2. The number of rotatable bonds is 3. The molecule has 7 heteroatoms. The summed E-state index contributed by atoms with van der Waals surface area (Å²) in [4.78, 5) is 14.5. The van der Waals surface area contributed by atoms with Crippen molar-refractivity contribution in [3.63, 3.8) is 0 Å². The molecule has 0 aromatic heterocycles. The highest BCUT2D eigenvalue weighted by atomic mass is 16.7. The van der Waals surface area contributed by atoms with Crippen LogP contribution < -0.4 is 21.0 Å². The van der Waals surface area contributed by atoms with Crippen molar-refractivity contribution in [2.75, 3.05) is 38.1 Å². The molecule has 2 aliphatic heterocycles. The van der Waals surface area contributed by atoms with E-state index in [4.69, 9.17) is 9.31 Å². The summed E-state index contributed by atoms with van der Waals surface area (Å²) in [6.07, 6.45) is 0. The molecule has 25 heavy (non-hydrogen) atoms. The number of carbonyl (C=O) groups is 1. The summed E-state index contributed by atoms with van der Waals surface area (Å²) >= 11 is 0. The van der Waals surface area contributed by atoms with Crippen LogP contribution in [-0.2, 0) is 9.31 Å². The molecular weight excluding hydrogens is 317 g/mol. The number of nitrogens with zero attached hydrogens (tertiary/aromatic N) is 1. The average molecular weight is 345 g/mol. The van der Waals surface area contributed by atoms with Gasteiger partial charge in [-0.2, -0.15) is 0 Å². The summed E-state index contributed by atoms with van der Waals surface area (Å²) < 4.78 is 12.3. The third-order valence-corrected chi connectivity index (χ3v) is 5.48. The second kappa shape index (κ2) is 6.63. The fraction of sp³-hybridized carbons (Fsp3) is 0.611. The number of hydrogen-bond acceptors (Lipinski definition) is 5. The summed E-state index contributed by atoms with van der Waals surface area (Å²) in [6, 6.07) is 5.84. The Morgan fingerprint density at radius 2 is 1.76 bits per heavy atom. The lowest BCUT2D eigenvalue weighted by Crippen LogP contribution is -2.45. The molecule has 0 unspecified atom stereocenters. The normalized spacial score (nSPS) is 22.1. The SMILES string of the molecule is CNC(=O)c1ccc(B2OC(C)(C)C(C)(C)O2)cc1N1CCNCC1. The maximum atomic E-state index is 12.3. The van der Waals surface area contributed by atoms with E-state index in [1.54, 1.807) is 7.05 Å². The molecule has 1 amide bonds. The fourth-order valence-electron chi connectivity index (χ4n) is 3.17. The van der Waals surface area contributed by atoms with Gasteiger partial charge in [-0.3, -0.25) is 4.79 Å². The predicted octanol–water partition coefficient (Wildman–Crippen LogP) is 0.755. The highest BCUT2D eigenvalue weighted by Crippen LogP contribution is 2.36. The zero-order valence-electron chi connectivity index (χ0n) is 15.8. The first kappa shape index (κ1) is 18.2. The van der Waals surface area contributed by atoms with Gasteiger partial charge < -0.3 is 24.8 Å². The summed E-state index contributed by atoms with van der Waals surface area (Å²) in [7, 11) is 1.23. The van der Waals surface area contributed by atoms with Gasteiger partial charge in [0.2, 0.25) is 0 Å². The van der Waals surface area contributed by atoms with E-state index in [2.05, 4.69) is 15.5 Å². The van der Waals surface area contributed by atoms with Gasteiger partial charge in [-0.25, -0.2) is 0 Å². The van der Waals surface area contributed by atoms with Gasteiger partial charge in [0.25, 0.3) is 5.91 Å². The highest BCUT2D eigenvalue weighted by Gasteiger charge is 2.51. The van der Waals surface area contributed by atoms with Gasteiger partial charge >= 0.3 is 7.12 Å². The van der Waals surface area contributed by atoms with Crippen LogP contribution in [0.1, 0.15) is 38.1 Å². The minimum Gasteiger partial charge on any atom is -0.399 e. The van der Waals surface area contributed by atoms with E-state index in [1.807, 2.05) is 45.9 Å². The molecule has 2 N–H and O–H groups in total. The number of piperazine rings is 1. The molecule has 2 saturated heterocycles. The molecule has 1 aromatic carbocycles. The van der Waals surface area contributed by atoms with E-state index in [9.17, 15) is 4.79 Å². The van der Waals surface area contributed by atoms with Crippen LogP contribution in [0, 0.1) is 0 Å². The quantitative estimate of drug-likeness (QED) is 0.792. The molecule has 0 saturated carbocycles. The van der Waals surface area contributed by atoms with Crippen molar-refractivity contribution in [1.29, 1.82) is 0 Å². The van der Waals surface area contributed by atoms with E-state index in [-0.39, 0.29) is 17.1 Å². The number of benzene rings is 1. The summed E-state index contributed by atoms with van der Waals surface area (Å²) in [5.74, 6) is -0.0750. The zero-order valence-corrected chi connectivity index (χ0v) is 15.8. The topological polar surface area (TPSA) is 62.8 Å². The Kier molecular flexibility index (Phi) is 4.83. The molecular formula is C18H28BN3O3. The molecule has 3 rings (SSSR count). The third-order valence-electron chi connectivity index (χ3n) is 5.48. The number of hydrogen-bond donors (Lipinski definition) is 2. The Balaban J connectivity index is 1.95. The van der Waals surface area contributed by atoms with Crippen LogP contribution in [0.25, 0.3) is 0 Å². The largest absolute Gasteiger partial charge is 0.494 e. The standard InChI is InChI=1S/C18H28BN3O3/c1-17(2)18(3,4)25-19(24-17)13-6-7-14(16(23)20-5)15(12-13)22-10-8-21-9-11-22/h6-7,12,21H,8-11H2,1-5H3,(H,20,23). The van der Waals surface area contributed by atoms with Crippen LogP contribution in [0.3, 0.4) is 0 Å². The Labute approximate surface area is 150 Å². The number of anilines is 1. The summed E-state index contributed by atoms with van der Waals surface area (Å²) in [5.41, 5.74) is 1.80. The van der Waals surface area contributed by atoms with Crippen LogP contribution in [0.15, 0.2) is 18.2 Å². The van der Waals surface area contributed by atoms with Crippen molar-refractivity contribution in [3.05, 3.63) is 23.8 Å². The molecule has 0 atom stereocenters. The highest BCUT2D eigenvalue weighted by molar-refractivity contribution is 6.62. The summed E-state index contributed by atoms with van der Waals surface area (Å²) in [5, 5.41) is 6.08. The van der Waals surface area contributed by atoms with Crippen molar-refractivity contribution in [3.8, 4) is 0 Å². The monoisotopic (exact) mass is 345 g/mol. The van der Waals surface area contributed by atoms with E-state index in [0.717, 1.165) is 37.3 Å². The first-order valence-electron chi connectivity index (χ1n) is 8.92. The molecule has 1 aromatic rings. The minimum atomic E-state index is -0.426. The molecule has 0 radical (unpaired) electrons. The second-order valence-electron chi connectivity index (χ2n) is 7.68. The molecule has 2 aliphatic rings. The molecule has 0 bridgehead atoms. The van der Waals surface area contributed by atoms with E-state index in [0.29, 0.717) is 5.56 Å². The Morgan fingerprint density at radius 1 is 1.16 bits per heavy atom. The Morgan fingerprint density at radius 3 is 2.32 bits per heavy atom. The second-order valence-corrected chi connectivity index (χ2v) is 7.68. The average Bonchev–Trinajstić information content (AvgIpc) is 2.82. The van der Waals surface area contributed by atoms with E-state index in [1.165, 1.54) is 0 Å². The maximum absolute atomic E-state index is 12.3. The van der Waals surface area contributed by atoms with Crippen LogP contribution >= 0.6 is 0 Å². The van der Waals surface area contributed by atoms with Crippen molar-refractivity contribution in [2.45, 2.75) is 38.9 Å². The lowest BCUT2D eigenvalue weighted by atomic mass is 9.78. The molecule has 0 spiro atoms. The molecule has 2 heterocycles. The lowest BCUT2D eigenvalue weighted by molar-refractivity contribution is 0.00578. The van der Waals surface area contributed by atoms with Crippen LogP contribution in [-0.4, -0.2) is 57.5 Å². The minimum absolute atomic E-state index is 0.0750. The number of carbonyl (C=O) groups excluding carboxylic acids is 1. The molecule has 136 valence electrons. The zero-order chi connectivity index (χ0) is 18.2.